The lowest BCUT2D eigenvalue weighted by molar-refractivity contribution is -0.160. The molecule has 1 heterocycles. The van der Waals surface area contributed by atoms with Crippen LogP contribution in [0.5, 0.6) is 0 Å². The normalized spacial score (nSPS) is 29.4. The highest BCUT2D eigenvalue weighted by Gasteiger charge is 2.37. The van der Waals surface area contributed by atoms with Gasteiger partial charge in [0.25, 0.3) is 0 Å². The van der Waals surface area contributed by atoms with Crippen LogP contribution in [0.1, 0.15) is 52.4 Å². The maximum absolute atomic E-state index is 5.81. The Bertz CT molecular complexity index is 160. The van der Waals surface area contributed by atoms with Gasteiger partial charge in [-0.1, -0.05) is 20.3 Å². The zero-order chi connectivity index (χ0) is 10.4. The minimum absolute atomic E-state index is 0.0724. The molecule has 2 heteroatoms. The van der Waals surface area contributed by atoms with Crippen molar-refractivity contribution in [3.8, 4) is 0 Å². The van der Waals surface area contributed by atoms with E-state index in [0.29, 0.717) is 0 Å². The van der Waals surface area contributed by atoms with Gasteiger partial charge in [-0.2, -0.15) is 0 Å². The van der Waals surface area contributed by atoms with Crippen molar-refractivity contribution in [1.29, 1.82) is 0 Å². The van der Waals surface area contributed by atoms with E-state index in [1.54, 1.807) is 0 Å². The summed E-state index contributed by atoms with van der Waals surface area (Å²) in [4.78, 5) is 2.52. The second-order valence-electron chi connectivity index (χ2n) is 4.29. The van der Waals surface area contributed by atoms with E-state index in [9.17, 15) is 0 Å². The van der Waals surface area contributed by atoms with Crippen LogP contribution in [0.3, 0.4) is 0 Å². The number of likely N-dealkylation sites (tertiary alicyclic amines) is 1. The van der Waals surface area contributed by atoms with Gasteiger partial charge in [-0.05, 0) is 38.6 Å². The van der Waals surface area contributed by atoms with Crippen molar-refractivity contribution in [2.24, 2.45) is 0 Å². The molecule has 0 radical (unpaired) electrons. The summed E-state index contributed by atoms with van der Waals surface area (Å²) >= 11 is 0. The van der Waals surface area contributed by atoms with Crippen LogP contribution < -0.4 is 0 Å². The first-order valence-electron chi connectivity index (χ1n) is 6.09. The largest absolute Gasteiger partial charge is 0.364 e. The lowest BCUT2D eigenvalue weighted by atomic mass is 9.93. The molecule has 1 fully saturated rings. The Morgan fingerprint density at radius 3 is 2.64 bits per heavy atom. The van der Waals surface area contributed by atoms with Crippen LogP contribution in [-0.2, 0) is 4.74 Å². The molecule has 0 N–H and O–H groups in total. The highest BCUT2D eigenvalue weighted by atomic mass is 16.5. The molecule has 0 aromatic heterocycles. The molecule has 1 atom stereocenters. The Labute approximate surface area is 88.6 Å². The second kappa shape index (κ2) is 5.72. The number of unbranched alkanes of at least 4 members (excludes halogenated alkanes) is 1. The molecule has 2 nitrogen and oxygen atoms in total. The number of hydrogen-bond donors (Lipinski definition) is 0. The van der Waals surface area contributed by atoms with Crippen LogP contribution in [0.4, 0.5) is 0 Å². The second-order valence-corrected chi connectivity index (χ2v) is 4.29. The number of methoxy groups -OCH3 is 1. The SMILES string of the molecule is CCCCC1(OC)CCCCN1CC. The third kappa shape index (κ3) is 2.48. The Morgan fingerprint density at radius 2 is 2.07 bits per heavy atom. The fourth-order valence-corrected chi connectivity index (χ4v) is 2.58. The molecule has 1 saturated heterocycles. The van der Waals surface area contributed by atoms with Gasteiger partial charge in [0.2, 0.25) is 0 Å². The van der Waals surface area contributed by atoms with Gasteiger partial charge in [0.1, 0.15) is 5.72 Å². The predicted molar refractivity (Wildman–Crippen MR) is 60.4 cm³/mol. The van der Waals surface area contributed by atoms with Crippen molar-refractivity contribution < 1.29 is 4.74 Å². The first-order chi connectivity index (χ1) is 6.79. The molecule has 1 unspecified atom stereocenters. The molecule has 0 bridgehead atoms. The molecule has 0 saturated carbocycles. The third-order valence-corrected chi connectivity index (χ3v) is 3.50. The van der Waals surface area contributed by atoms with Crippen LogP contribution in [0.25, 0.3) is 0 Å². The molecule has 0 aliphatic carbocycles. The standard InChI is InChI=1S/C12H25NO/c1-4-6-9-12(14-3)10-7-8-11-13(12)5-2/h4-11H2,1-3H3. The smallest absolute Gasteiger partial charge is 0.121 e. The maximum atomic E-state index is 5.81. The van der Waals surface area contributed by atoms with Gasteiger partial charge in [-0.15, -0.1) is 0 Å². The van der Waals surface area contributed by atoms with Crippen LogP contribution in [-0.4, -0.2) is 30.8 Å². The van der Waals surface area contributed by atoms with E-state index < -0.39 is 0 Å². The van der Waals surface area contributed by atoms with Gasteiger partial charge < -0.3 is 4.74 Å². The predicted octanol–water partition coefficient (Wildman–Crippen LogP) is 3.03. The number of nitrogens with zero attached hydrogens (tertiary/aromatic N) is 1. The summed E-state index contributed by atoms with van der Waals surface area (Å²) in [5.74, 6) is 0. The van der Waals surface area contributed by atoms with Crippen LogP contribution in [0.15, 0.2) is 0 Å². The van der Waals surface area contributed by atoms with E-state index in [-0.39, 0.29) is 5.72 Å². The zero-order valence-electron chi connectivity index (χ0n) is 10.0. The van der Waals surface area contributed by atoms with E-state index in [4.69, 9.17) is 4.74 Å². The van der Waals surface area contributed by atoms with E-state index >= 15 is 0 Å². The zero-order valence-corrected chi connectivity index (χ0v) is 10.0. The van der Waals surface area contributed by atoms with Gasteiger partial charge in [0.15, 0.2) is 0 Å². The molecule has 1 aliphatic rings. The van der Waals surface area contributed by atoms with E-state index in [0.717, 1.165) is 6.54 Å². The van der Waals surface area contributed by atoms with Crippen molar-refractivity contribution in [3.05, 3.63) is 0 Å². The van der Waals surface area contributed by atoms with Crippen molar-refractivity contribution in [3.63, 3.8) is 0 Å². The third-order valence-electron chi connectivity index (χ3n) is 3.50. The Balaban J connectivity index is 2.60. The molecule has 14 heavy (non-hydrogen) atoms. The van der Waals surface area contributed by atoms with Crippen LogP contribution in [0, 0.1) is 0 Å². The van der Waals surface area contributed by atoms with E-state index in [2.05, 4.69) is 18.7 Å². The molecule has 0 spiro atoms. The Morgan fingerprint density at radius 1 is 1.29 bits per heavy atom. The van der Waals surface area contributed by atoms with Crippen LogP contribution in [0.2, 0.25) is 0 Å². The minimum atomic E-state index is 0.0724. The molecule has 0 aromatic rings. The van der Waals surface area contributed by atoms with Crippen molar-refractivity contribution in [2.45, 2.75) is 58.1 Å². The fraction of sp³-hybridized carbons (Fsp3) is 1.00. The van der Waals surface area contributed by atoms with Crippen molar-refractivity contribution >= 4 is 0 Å². The van der Waals surface area contributed by atoms with Gasteiger partial charge in [0.05, 0.1) is 0 Å². The number of ether oxygens (including phenoxy) is 1. The summed E-state index contributed by atoms with van der Waals surface area (Å²) in [6.07, 6.45) is 7.64. The molecular formula is C12H25NO. The van der Waals surface area contributed by atoms with E-state index in [1.165, 1.54) is 45.1 Å². The van der Waals surface area contributed by atoms with Crippen LogP contribution >= 0.6 is 0 Å². The monoisotopic (exact) mass is 199 g/mol. The Kier molecular flexibility index (Phi) is 4.90. The van der Waals surface area contributed by atoms with Crippen molar-refractivity contribution in [2.75, 3.05) is 20.2 Å². The summed E-state index contributed by atoms with van der Waals surface area (Å²) in [6, 6.07) is 0. The quantitative estimate of drug-likeness (QED) is 0.675. The summed E-state index contributed by atoms with van der Waals surface area (Å²) in [7, 11) is 1.88. The molecule has 0 aromatic carbocycles. The average molecular weight is 199 g/mol. The molecule has 1 rings (SSSR count). The lowest BCUT2D eigenvalue weighted by Crippen LogP contribution is -2.53. The minimum Gasteiger partial charge on any atom is -0.364 e. The van der Waals surface area contributed by atoms with Gasteiger partial charge >= 0.3 is 0 Å². The number of rotatable bonds is 5. The topological polar surface area (TPSA) is 12.5 Å². The van der Waals surface area contributed by atoms with E-state index in [1.807, 2.05) is 7.11 Å². The summed E-state index contributed by atoms with van der Waals surface area (Å²) in [6.45, 7) is 6.83. The average Bonchev–Trinajstić information content (AvgIpc) is 2.26. The highest BCUT2D eigenvalue weighted by Crippen LogP contribution is 2.33. The highest BCUT2D eigenvalue weighted by molar-refractivity contribution is 4.84. The molecule has 1 aliphatic heterocycles. The molecule has 84 valence electrons. The fourth-order valence-electron chi connectivity index (χ4n) is 2.58. The van der Waals surface area contributed by atoms with Crippen molar-refractivity contribution in [1.82, 2.24) is 4.90 Å². The number of piperidine rings is 1. The first-order valence-corrected chi connectivity index (χ1v) is 6.09. The Hall–Kier alpha value is -0.0800. The van der Waals surface area contributed by atoms with Gasteiger partial charge in [-0.25, -0.2) is 0 Å². The van der Waals surface area contributed by atoms with Gasteiger partial charge in [-0.3, -0.25) is 4.90 Å². The summed E-state index contributed by atoms with van der Waals surface area (Å²) < 4.78 is 5.81. The summed E-state index contributed by atoms with van der Waals surface area (Å²) in [5, 5.41) is 0. The number of hydrogen-bond acceptors (Lipinski definition) is 2. The maximum Gasteiger partial charge on any atom is 0.121 e. The summed E-state index contributed by atoms with van der Waals surface area (Å²) in [5.41, 5.74) is 0.0724. The van der Waals surface area contributed by atoms with Gasteiger partial charge in [0, 0.05) is 13.7 Å². The molecular weight excluding hydrogens is 174 g/mol. The first kappa shape index (κ1) is 12.0. The lowest BCUT2D eigenvalue weighted by Gasteiger charge is -2.46. The molecule has 0 amide bonds.